The average molecular weight is 2130 g/mol. The van der Waals surface area contributed by atoms with Crippen molar-refractivity contribution < 1.29 is 71.5 Å². The smallest absolute Gasteiger partial charge is 0.412 e. The molecule has 4 aliphatic carbocycles. The van der Waals surface area contributed by atoms with E-state index >= 15 is 0 Å². The molecule has 4 saturated carbocycles. The van der Waals surface area contributed by atoms with E-state index in [1.165, 1.54) is 23.7 Å². The summed E-state index contributed by atoms with van der Waals surface area (Å²) < 4.78 is 40.2. The molecule has 7 amide bonds. The first-order valence-corrected chi connectivity index (χ1v) is 51.5. The van der Waals surface area contributed by atoms with E-state index in [0.717, 1.165) is 142 Å². The molecule has 19 rings (SSSR count). The van der Waals surface area contributed by atoms with Gasteiger partial charge in [-0.25, -0.2) is 34.3 Å². The van der Waals surface area contributed by atoms with Crippen molar-refractivity contribution in [2.24, 2.45) is 23.7 Å². The summed E-state index contributed by atoms with van der Waals surface area (Å²) in [6.07, 6.45) is 32.8. The number of hydrogen-bond acceptors (Lipinski definition) is 31. The van der Waals surface area contributed by atoms with E-state index in [0.29, 0.717) is 106 Å². The number of halogens is 4. The van der Waals surface area contributed by atoms with Gasteiger partial charge in [0.2, 0.25) is 47.1 Å². The van der Waals surface area contributed by atoms with E-state index in [4.69, 9.17) is 85.3 Å². The fourth-order valence-corrected chi connectivity index (χ4v) is 14.8. The summed E-state index contributed by atoms with van der Waals surface area (Å²) >= 11 is 19.1. The van der Waals surface area contributed by atoms with Crippen LogP contribution in [0.1, 0.15) is 152 Å². The molecule has 3 atom stereocenters. The largest absolute Gasteiger partial charge is 0.444 e. The lowest BCUT2D eigenvalue weighted by Crippen LogP contribution is -2.42. The van der Waals surface area contributed by atoms with E-state index in [-0.39, 0.29) is 99.7 Å². The van der Waals surface area contributed by atoms with Crippen molar-refractivity contribution in [3.05, 3.63) is 220 Å². The lowest BCUT2D eigenvalue weighted by molar-refractivity contribution is -0.118. The lowest BCUT2D eigenvalue weighted by Gasteiger charge is -2.29. The number of alkyl halides is 4. The quantitative estimate of drug-likeness (QED) is 0.0125. The van der Waals surface area contributed by atoms with Crippen molar-refractivity contribution in [2.75, 3.05) is 86.4 Å². The Hall–Kier alpha value is -15.1. The highest BCUT2D eigenvalue weighted by molar-refractivity contribution is 6.41. The molecule has 150 heavy (non-hydrogen) atoms. The molecule has 8 aromatic heterocycles. The van der Waals surface area contributed by atoms with Gasteiger partial charge in [-0.05, 0) is 304 Å². The van der Waals surface area contributed by atoms with Gasteiger partial charge in [0.1, 0.15) is 68.8 Å². The number of aromatic nitrogens is 12. The fraction of sp³-hybridized carbons (Fsp3) is 0.370. The van der Waals surface area contributed by atoms with Crippen molar-refractivity contribution in [3.63, 3.8) is 0 Å². The number of likely N-dealkylation sites (tertiary alicyclic amines) is 2. The van der Waals surface area contributed by atoms with Crippen LogP contribution in [0.5, 0.6) is 46.5 Å². The van der Waals surface area contributed by atoms with Crippen LogP contribution in [0.2, 0.25) is 0 Å². The van der Waals surface area contributed by atoms with E-state index < -0.39 is 22.9 Å². The molecule has 38 nitrogen and oxygen atoms in total. The van der Waals surface area contributed by atoms with Crippen LogP contribution in [-0.4, -0.2) is 196 Å². The predicted molar refractivity (Wildman–Crippen MR) is 576 cm³/mol. The number of aldehydes is 1. The van der Waals surface area contributed by atoms with E-state index in [1.807, 2.05) is 120 Å². The SMILES string of the molecule is CC(C)(C)OC(=O)N1CCC[C@H]1C=O.CC(C)(C)OC(=O)N1CCC[C@H]1CNc1cnc(-c2cccnc2)nc1Oc1ccc(NC(=O)C2CC2)cc1.CC(C)(C)OC(=O)Nc1cnc(-c2cccnc2)nc1Oc1ccc(NC(=O)C2CC2)cc1.ClCCl.ClCCl.Nc1cnc(-c2cccnc2)nc1Oc1ccc(NC(=O)C2CC2)cc1.O=C(Nc1ccc(Oc2nc(-c3cccnc3)ncc2NC[C@@H]2CCCN2)cc1)C1CC1. The first-order valence-electron chi connectivity index (χ1n) is 49.3. The first kappa shape index (κ1) is 112. The number of pyridine rings is 4. The van der Waals surface area contributed by atoms with Crippen LogP contribution in [0.4, 0.5) is 59.9 Å². The van der Waals surface area contributed by atoms with Gasteiger partial charge < -0.3 is 85.8 Å². The second-order valence-corrected chi connectivity index (χ2v) is 40.2. The van der Waals surface area contributed by atoms with Gasteiger partial charge in [-0.2, -0.15) is 19.9 Å². The van der Waals surface area contributed by atoms with Crippen LogP contribution in [0.3, 0.4) is 0 Å². The maximum atomic E-state index is 12.7. The Balaban J connectivity index is 0.000000158. The zero-order valence-electron chi connectivity index (χ0n) is 84.7. The number of hydrogen-bond donors (Lipinski definition) is 9. The van der Waals surface area contributed by atoms with Gasteiger partial charge >= 0.3 is 18.3 Å². The topological polar surface area (TPSA) is 485 Å². The summed E-state index contributed by atoms with van der Waals surface area (Å²) in [7, 11) is 0. The second kappa shape index (κ2) is 54.7. The number of nitrogen functional groups attached to an aromatic ring is 1. The molecule has 3 saturated heterocycles. The summed E-state index contributed by atoms with van der Waals surface area (Å²) in [5, 5.41) is 25.0. The van der Waals surface area contributed by atoms with Crippen LogP contribution in [-0.2, 0) is 38.2 Å². The zero-order valence-corrected chi connectivity index (χ0v) is 87.8. The van der Waals surface area contributed by atoms with Gasteiger partial charge in [-0.3, -0.25) is 49.3 Å². The van der Waals surface area contributed by atoms with Gasteiger partial charge in [0, 0.05) is 150 Å². The third kappa shape index (κ3) is 36.7. The lowest BCUT2D eigenvalue weighted by atomic mass is 10.2. The number of carbonyl (C=O) groups is 8. The molecule has 7 aliphatic rings. The Morgan fingerprint density at radius 1 is 0.380 bits per heavy atom. The average Bonchev–Trinajstić information content (AvgIpc) is 1.21. The Labute approximate surface area is 890 Å². The molecule has 0 unspecified atom stereocenters. The van der Waals surface area contributed by atoms with Crippen LogP contribution in [0, 0.1) is 23.7 Å². The molecule has 3 aliphatic heterocycles. The van der Waals surface area contributed by atoms with Crippen LogP contribution in [0.25, 0.3) is 45.6 Å². The first-order chi connectivity index (χ1) is 72.2. The van der Waals surface area contributed by atoms with Gasteiger partial charge in [-0.1, -0.05) is 0 Å². The van der Waals surface area contributed by atoms with E-state index in [2.05, 4.69) is 102 Å². The summed E-state index contributed by atoms with van der Waals surface area (Å²) in [6, 6.07) is 43.4. The number of anilines is 8. The fourth-order valence-electron chi connectivity index (χ4n) is 14.8. The number of nitrogens with two attached hydrogens (primary N) is 1. The van der Waals surface area contributed by atoms with Gasteiger partial charge in [0.05, 0.1) is 47.5 Å². The minimum absolute atomic E-state index is 0.0277. The molecule has 10 N–H and O–H groups in total. The number of rotatable bonds is 28. The van der Waals surface area contributed by atoms with Crippen LogP contribution in [0.15, 0.2) is 220 Å². The van der Waals surface area contributed by atoms with Crippen molar-refractivity contribution in [1.82, 2.24) is 74.9 Å². The number of nitrogens with zero attached hydrogens (tertiary/aromatic N) is 14. The molecule has 12 aromatic rings. The number of nitrogens with one attached hydrogen (secondary N) is 8. The molecular formula is C108H123Cl4N23O15. The summed E-state index contributed by atoms with van der Waals surface area (Å²) in [4.78, 5) is 151. The minimum Gasteiger partial charge on any atom is -0.444 e. The Morgan fingerprint density at radius 3 is 1.03 bits per heavy atom. The molecular weight excluding hydrogens is 2000 g/mol. The highest BCUT2D eigenvalue weighted by Gasteiger charge is 2.37. The number of ether oxygens (including phenoxy) is 7. The molecule has 788 valence electrons. The standard InChI is InChI=1S/C29H34N6O4.C24H26N6O2.C24H25N5O4.C19H17N5O2.C10H17NO3.2CH2Cl2/c1-29(2,3)39-28(37)35-15-5-7-22(35)17-31-24-18-32-25(20-6-4-14-30-16-20)34-27(24)38-23-12-10-21(11-13-23)33-26(36)19-8-9-19;31-23(16-5-6-16)29-18-7-9-20(10-8-18)32-24-21(27-14-19-4-2-12-26-19)15-28-22(30-24)17-3-1-11-25-13-17;1-24(2,3)33-23(31)28-19-14-26-20(16-5-4-12-25-13-16)29-22(19)32-18-10-8-17(9-11-18)27-21(30)15-6-7-15;20-16-11-22-17(13-2-1-9-21-10-13)24-19(16)26-15-7-5-14(6-8-15)23-18(25)12-3-4-12;1-10(2,3)14-9(13)11-6-4-5-8(11)7-12;2*2-1-3/h4,6,10-14,16,18-19,22,31H,5,7-9,15,17H2,1-3H3,(H,33,36);1,3,7-11,13,15-16,19,26-27H,2,4-6,12,14H2,(H,29,31);4-5,8-15H,6-7H2,1-3H3,(H,27,30)(H,28,31);1-2,5-12H,3-4,20H2,(H,23,25);7-8H,4-6H2,1-3H3;2*1H2/t22-;19-;;;8-;;/m00..0../s1. The maximum absolute atomic E-state index is 12.7. The van der Waals surface area contributed by atoms with Crippen LogP contribution >= 0.6 is 46.4 Å². The normalized spacial score (nSPS) is 15.7. The Bertz CT molecular complexity index is 6440. The minimum atomic E-state index is -0.664. The van der Waals surface area contributed by atoms with E-state index in [1.54, 1.807) is 154 Å². The third-order valence-electron chi connectivity index (χ3n) is 22.8. The third-order valence-corrected chi connectivity index (χ3v) is 22.8. The second-order valence-electron chi connectivity index (χ2n) is 38.6. The molecule has 0 radical (unpaired) electrons. The summed E-state index contributed by atoms with van der Waals surface area (Å²) in [5.41, 5.74) is 12.1. The van der Waals surface area contributed by atoms with Crippen LogP contribution < -0.4 is 67.2 Å². The highest BCUT2D eigenvalue weighted by Crippen LogP contribution is 2.40. The summed E-state index contributed by atoms with van der Waals surface area (Å²) in [6.45, 7) is 20.0. The van der Waals surface area contributed by atoms with Crippen molar-refractivity contribution in [3.8, 4) is 92.1 Å². The van der Waals surface area contributed by atoms with E-state index in [9.17, 15) is 38.4 Å². The Morgan fingerprint density at radius 2 is 0.700 bits per heavy atom. The molecule has 4 aromatic carbocycles. The molecule has 0 bridgehead atoms. The highest BCUT2D eigenvalue weighted by atomic mass is 35.5. The Kier molecular flexibility index (Phi) is 40.9. The summed E-state index contributed by atoms with van der Waals surface area (Å²) in [5.74, 6) is 6.18. The maximum Gasteiger partial charge on any atom is 0.412 e. The number of amides is 7. The molecule has 42 heteroatoms. The number of benzene rings is 4. The monoisotopic (exact) mass is 2120 g/mol. The molecule has 0 spiro atoms. The van der Waals surface area contributed by atoms with Gasteiger partial charge in [-0.15, -0.1) is 46.4 Å². The van der Waals surface area contributed by atoms with Crippen molar-refractivity contribution in [2.45, 2.75) is 187 Å². The molecule has 11 heterocycles. The van der Waals surface area contributed by atoms with Gasteiger partial charge in [0.25, 0.3) is 0 Å². The number of carbonyl (C=O) groups excluding carboxylic acids is 8. The molecule has 7 fully saturated rings. The zero-order chi connectivity index (χ0) is 107. The van der Waals surface area contributed by atoms with Crippen molar-refractivity contribution >= 4 is 140 Å². The van der Waals surface area contributed by atoms with Crippen molar-refractivity contribution in [1.29, 1.82) is 0 Å². The van der Waals surface area contributed by atoms with Gasteiger partial charge in [0.15, 0.2) is 23.3 Å². The predicted octanol–water partition coefficient (Wildman–Crippen LogP) is 22.0.